The molecule has 2 aromatic heterocycles. The summed E-state index contributed by atoms with van der Waals surface area (Å²) in [6, 6.07) is 6.08. The number of hydrogen-bond acceptors (Lipinski definition) is 5. The van der Waals surface area contributed by atoms with Gasteiger partial charge in [0, 0.05) is 63.4 Å². The lowest BCUT2D eigenvalue weighted by Crippen LogP contribution is -2.46. The number of imidazole rings is 1. The van der Waals surface area contributed by atoms with E-state index in [0.29, 0.717) is 23.6 Å². The molecule has 0 aliphatic carbocycles. The van der Waals surface area contributed by atoms with E-state index in [-0.39, 0.29) is 11.7 Å². The topological polar surface area (TPSA) is 65.8 Å². The van der Waals surface area contributed by atoms with Crippen LogP contribution in [0.3, 0.4) is 0 Å². The smallest absolute Gasteiger partial charge is 0.271 e. The van der Waals surface area contributed by atoms with Crippen LogP contribution in [0.1, 0.15) is 10.5 Å². The normalized spacial score (nSPS) is 15.8. The Morgan fingerprint density at radius 3 is 2.68 bits per heavy atom. The summed E-state index contributed by atoms with van der Waals surface area (Å²) in [5, 5.41) is 2.95. The van der Waals surface area contributed by atoms with Crippen LogP contribution in [0.15, 0.2) is 42.9 Å². The van der Waals surface area contributed by atoms with Gasteiger partial charge in [-0.3, -0.25) is 14.7 Å². The largest absolute Gasteiger partial charge is 0.349 e. The van der Waals surface area contributed by atoms with Crippen molar-refractivity contribution in [2.24, 2.45) is 0 Å². The molecule has 3 heterocycles. The van der Waals surface area contributed by atoms with E-state index in [1.54, 1.807) is 35.1 Å². The zero-order valence-corrected chi connectivity index (χ0v) is 15.8. The SMILES string of the molecule is CN1CCN(CCNC(=O)c2cn3ccnc(-c4ccc(F)cc4)c3n2)CC1. The molecule has 1 amide bonds. The lowest BCUT2D eigenvalue weighted by atomic mass is 10.1. The summed E-state index contributed by atoms with van der Waals surface area (Å²) in [5.74, 6) is -0.512. The first-order valence-electron chi connectivity index (χ1n) is 9.39. The summed E-state index contributed by atoms with van der Waals surface area (Å²) in [4.78, 5) is 26.0. The molecule has 1 aliphatic rings. The van der Waals surface area contributed by atoms with E-state index in [4.69, 9.17) is 0 Å². The number of fused-ring (bicyclic) bond motifs is 1. The summed E-state index contributed by atoms with van der Waals surface area (Å²) >= 11 is 0. The molecular weight excluding hydrogens is 359 g/mol. The molecule has 0 atom stereocenters. The number of benzene rings is 1. The molecular formula is C20H23FN6O. The van der Waals surface area contributed by atoms with Crippen molar-refractivity contribution in [2.45, 2.75) is 0 Å². The van der Waals surface area contributed by atoms with Gasteiger partial charge in [-0.1, -0.05) is 0 Å². The number of likely N-dealkylation sites (N-methyl/N-ethyl adjacent to an activating group) is 1. The highest BCUT2D eigenvalue weighted by Gasteiger charge is 2.16. The number of hydrogen-bond donors (Lipinski definition) is 1. The molecule has 0 bridgehead atoms. The van der Waals surface area contributed by atoms with Gasteiger partial charge in [0.15, 0.2) is 5.65 Å². The third-order valence-corrected chi connectivity index (χ3v) is 5.03. The Hall–Kier alpha value is -2.84. The second-order valence-electron chi connectivity index (χ2n) is 7.04. The standard InChI is InChI=1S/C20H23FN6O/c1-25-10-12-26(13-11-25)8-6-23-20(28)17-14-27-9-7-22-18(19(27)24-17)15-2-4-16(21)5-3-15/h2-5,7,9,14H,6,8,10-13H2,1H3,(H,23,28). The average Bonchev–Trinajstić information content (AvgIpc) is 3.15. The maximum atomic E-state index is 13.2. The number of halogens is 1. The molecule has 1 aliphatic heterocycles. The van der Waals surface area contributed by atoms with Crippen molar-refractivity contribution in [1.29, 1.82) is 0 Å². The third-order valence-electron chi connectivity index (χ3n) is 5.03. The van der Waals surface area contributed by atoms with E-state index in [9.17, 15) is 9.18 Å². The molecule has 1 aromatic carbocycles. The van der Waals surface area contributed by atoms with Crippen LogP contribution in [0.2, 0.25) is 0 Å². The van der Waals surface area contributed by atoms with Gasteiger partial charge in [-0.2, -0.15) is 0 Å². The van der Waals surface area contributed by atoms with Gasteiger partial charge in [-0.05, 0) is 31.3 Å². The van der Waals surface area contributed by atoms with Crippen molar-refractivity contribution >= 4 is 11.6 Å². The molecule has 8 heteroatoms. The third kappa shape index (κ3) is 4.02. The molecule has 1 fully saturated rings. The Labute approximate surface area is 162 Å². The minimum atomic E-state index is -0.306. The number of nitrogens with one attached hydrogen (secondary N) is 1. The molecule has 28 heavy (non-hydrogen) atoms. The Bertz CT molecular complexity index is 962. The highest BCUT2D eigenvalue weighted by molar-refractivity contribution is 5.93. The van der Waals surface area contributed by atoms with Gasteiger partial charge in [-0.25, -0.2) is 9.37 Å². The van der Waals surface area contributed by atoms with Gasteiger partial charge < -0.3 is 14.6 Å². The van der Waals surface area contributed by atoms with E-state index in [2.05, 4.69) is 32.1 Å². The lowest BCUT2D eigenvalue weighted by Gasteiger charge is -2.32. The van der Waals surface area contributed by atoms with E-state index >= 15 is 0 Å². The quantitative estimate of drug-likeness (QED) is 0.725. The van der Waals surface area contributed by atoms with Crippen LogP contribution >= 0.6 is 0 Å². The fraction of sp³-hybridized carbons (Fsp3) is 0.350. The van der Waals surface area contributed by atoms with Crippen molar-refractivity contribution in [3.63, 3.8) is 0 Å². The maximum absolute atomic E-state index is 13.2. The van der Waals surface area contributed by atoms with E-state index in [1.165, 1.54) is 12.1 Å². The fourth-order valence-electron chi connectivity index (χ4n) is 3.33. The zero-order valence-electron chi connectivity index (χ0n) is 15.8. The van der Waals surface area contributed by atoms with Crippen LogP contribution in [0.5, 0.6) is 0 Å². The van der Waals surface area contributed by atoms with Crippen LogP contribution in [0, 0.1) is 5.82 Å². The van der Waals surface area contributed by atoms with Crippen LogP contribution in [0.25, 0.3) is 16.9 Å². The molecule has 7 nitrogen and oxygen atoms in total. The Kier molecular flexibility index (Phi) is 5.31. The minimum absolute atomic E-state index is 0.206. The average molecular weight is 382 g/mol. The Morgan fingerprint density at radius 2 is 1.93 bits per heavy atom. The second-order valence-corrected chi connectivity index (χ2v) is 7.04. The molecule has 0 saturated carbocycles. The van der Waals surface area contributed by atoms with Gasteiger partial charge in [0.05, 0.1) is 0 Å². The maximum Gasteiger partial charge on any atom is 0.271 e. The monoisotopic (exact) mass is 382 g/mol. The molecule has 4 rings (SSSR count). The van der Waals surface area contributed by atoms with Gasteiger partial charge >= 0.3 is 0 Å². The van der Waals surface area contributed by atoms with Crippen LogP contribution in [0.4, 0.5) is 4.39 Å². The zero-order chi connectivity index (χ0) is 19.5. The predicted octanol–water partition coefficient (Wildman–Crippen LogP) is 1.51. The number of carbonyl (C=O) groups is 1. The van der Waals surface area contributed by atoms with Crippen molar-refractivity contribution in [3.05, 3.63) is 54.4 Å². The minimum Gasteiger partial charge on any atom is -0.349 e. The first kappa shape index (κ1) is 18.5. The molecule has 146 valence electrons. The summed E-state index contributed by atoms with van der Waals surface area (Å²) in [6.07, 6.45) is 5.08. The van der Waals surface area contributed by atoms with E-state index in [1.807, 2.05) is 0 Å². The van der Waals surface area contributed by atoms with Gasteiger partial charge in [0.1, 0.15) is 17.2 Å². The van der Waals surface area contributed by atoms with Crippen molar-refractivity contribution < 1.29 is 9.18 Å². The fourth-order valence-corrected chi connectivity index (χ4v) is 3.33. The molecule has 0 unspecified atom stereocenters. The second kappa shape index (κ2) is 8.04. The number of rotatable bonds is 5. The lowest BCUT2D eigenvalue weighted by molar-refractivity contribution is 0.0936. The van der Waals surface area contributed by atoms with Gasteiger partial charge in [0.2, 0.25) is 0 Å². The molecule has 1 saturated heterocycles. The van der Waals surface area contributed by atoms with E-state index in [0.717, 1.165) is 38.3 Å². The summed E-state index contributed by atoms with van der Waals surface area (Å²) < 4.78 is 15.0. The number of nitrogens with zero attached hydrogens (tertiary/aromatic N) is 5. The first-order valence-corrected chi connectivity index (χ1v) is 9.39. The Balaban J connectivity index is 1.45. The van der Waals surface area contributed by atoms with Crippen LogP contribution in [-0.4, -0.2) is 76.4 Å². The number of amides is 1. The van der Waals surface area contributed by atoms with E-state index < -0.39 is 0 Å². The molecule has 0 radical (unpaired) electrons. The summed E-state index contributed by atoms with van der Waals surface area (Å²) in [7, 11) is 2.12. The molecule has 3 aromatic rings. The van der Waals surface area contributed by atoms with Crippen molar-refractivity contribution in [3.8, 4) is 11.3 Å². The van der Waals surface area contributed by atoms with Gasteiger partial charge in [0.25, 0.3) is 5.91 Å². The Morgan fingerprint density at radius 1 is 1.18 bits per heavy atom. The highest BCUT2D eigenvalue weighted by Crippen LogP contribution is 2.22. The number of piperazine rings is 1. The highest BCUT2D eigenvalue weighted by atomic mass is 19.1. The number of aromatic nitrogens is 3. The van der Waals surface area contributed by atoms with Crippen molar-refractivity contribution in [2.75, 3.05) is 46.3 Å². The van der Waals surface area contributed by atoms with Crippen LogP contribution < -0.4 is 5.32 Å². The van der Waals surface area contributed by atoms with Crippen LogP contribution in [-0.2, 0) is 0 Å². The predicted molar refractivity (Wildman–Crippen MR) is 105 cm³/mol. The first-order chi connectivity index (χ1) is 13.6. The summed E-state index contributed by atoms with van der Waals surface area (Å²) in [6.45, 7) is 5.56. The van der Waals surface area contributed by atoms with Gasteiger partial charge in [-0.15, -0.1) is 0 Å². The molecule has 0 spiro atoms. The number of carbonyl (C=O) groups excluding carboxylic acids is 1. The summed E-state index contributed by atoms with van der Waals surface area (Å²) in [5.41, 5.74) is 2.27. The molecule has 1 N–H and O–H groups in total. The van der Waals surface area contributed by atoms with Crippen molar-refractivity contribution in [1.82, 2.24) is 29.5 Å².